The van der Waals surface area contributed by atoms with Gasteiger partial charge in [-0.25, -0.2) is 5.09 Å². The fourth-order valence-electron chi connectivity index (χ4n) is 0.770. The summed E-state index contributed by atoms with van der Waals surface area (Å²) in [6.45, 7) is 4.36. The van der Waals surface area contributed by atoms with E-state index >= 15 is 0 Å². The standard InChI is InChI=1S/C5H10NO6P.C4H10/c7-4(8)1-3(2-5(9)10)6-13(11)12;1-3-4-2/h3,13H,1-2H2,(H,7,8)(H,9,10)(H2,6,11,12);3-4H2,1-2H3. The number of unbranched alkanes of at least 4 members (excludes halogenated alkanes) is 1. The summed E-state index contributed by atoms with van der Waals surface area (Å²) in [5.41, 5.74) is 0. The molecule has 0 saturated heterocycles. The third-order valence-electron chi connectivity index (χ3n) is 1.67. The van der Waals surface area contributed by atoms with E-state index in [0.29, 0.717) is 0 Å². The molecular weight excluding hydrogens is 249 g/mol. The summed E-state index contributed by atoms with van der Waals surface area (Å²) in [7, 11) is -3.05. The number of carboxylic acids is 2. The summed E-state index contributed by atoms with van der Waals surface area (Å²) in [4.78, 5) is 28.7. The number of nitrogens with one attached hydrogen (secondary N) is 1. The van der Waals surface area contributed by atoms with Gasteiger partial charge in [0.25, 0.3) is 8.18 Å². The Bertz CT molecular complexity index is 218. The first-order valence-electron chi connectivity index (χ1n) is 5.26. The number of carboxylic acid groups (broad SMARTS) is 2. The van der Waals surface area contributed by atoms with Crippen LogP contribution in [0.4, 0.5) is 0 Å². The molecule has 0 aliphatic rings. The number of hydrogen-bond acceptors (Lipinski definition) is 3. The minimum absolute atomic E-state index is 0.497. The molecule has 0 bridgehead atoms. The zero-order chi connectivity index (χ0) is 13.8. The van der Waals surface area contributed by atoms with Gasteiger partial charge in [-0.3, -0.25) is 14.2 Å². The summed E-state index contributed by atoms with van der Waals surface area (Å²) in [5.74, 6) is -2.44. The van der Waals surface area contributed by atoms with Gasteiger partial charge in [-0.2, -0.15) is 0 Å². The molecule has 0 spiro atoms. The van der Waals surface area contributed by atoms with Gasteiger partial charge in [0.15, 0.2) is 0 Å². The van der Waals surface area contributed by atoms with Gasteiger partial charge in [0.2, 0.25) is 0 Å². The van der Waals surface area contributed by atoms with E-state index in [1.807, 2.05) is 5.09 Å². The zero-order valence-corrected chi connectivity index (χ0v) is 11.0. The van der Waals surface area contributed by atoms with Crippen molar-refractivity contribution in [2.75, 3.05) is 0 Å². The first-order valence-corrected chi connectivity index (χ1v) is 6.62. The molecule has 0 saturated carbocycles. The summed E-state index contributed by atoms with van der Waals surface area (Å²) >= 11 is 0. The lowest BCUT2D eigenvalue weighted by Gasteiger charge is -2.11. The van der Waals surface area contributed by atoms with Crippen molar-refractivity contribution in [3.8, 4) is 0 Å². The van der Waals surface area contributed by atoms with Crippen molar-refractivity contribution in [2.45, 2.75) is 45.6 Å². The van der Waals surface area contributed by atoms with Crippen LogP contribution in [0, 0.1) is 0 Å². The van der Waals surface area contributed by atoms with Crippen LogP contribution in [0.3, 0.4) is 0 Å². The van der Waals surface area contributed by atoms with Gasteiger partial charge in [-0.05, 0) is 0 Å². The van der Waals surface area contributed by atoms with Gasteiger partial charge in [0.1, 0.15) is 0 Å². The maximum Gasteiger partial charge on any atom is 0.304 e. The molecule has 1 atom stereocenters. The lowest BCUT2D eigenvalue weighted by Crippen LogP contribution is -2.28. The molecule has 0 heterocycles. The van der Waals surface area contributed by atoms with E-state index in [-0.39, 0.29) is 0 Å². The van der Waals surface area contributed by atoms with Crippen LogP contribution in [0.1, 0.15) is 39.5 Å². The van der Waals surface area contributed by atoms with Crippen molar-refractivity contribution >= 4 is 20.1 Å². The van der Waals surface area contributed by atoms with E-state index in [0.717, 1.165) is 0 Å². The zero-order valence-electron chi connectivity index (χ0n) is 9.97. The van der Waals surface area contributed by atoms with Crippen LogP contribution in [0.5, 0.6) is 0 Å². The topological polar surface area (TPSA) is 124 Å². The second kappa shape index (κ2) is 11.6. The minimum atomic E-state index is -3.05. The molecule has 102 valence electrons. The predicted octanol–water partition coefficient (Wildman–Crippen LogP) is 1.08. The Balaban J connectivity index is 0. The number of hydrogen-bond donors (Lipinski definition) is 4. The lowest BCUT2D eigenvalue weighted by atomic mass is 10.1. The highest BCUT2D eigenvalue weighted by molar-refractivity contribution is 7.35. The van der Waals surface area contributed by atoms with Crippen molar-refractivity contribution in [1.82, 2.24) is 5.09 Å². The minimum Gasteiger partial charge on any atom is -0.481 e. The Labute approximate surface area is 101 Å². The molecule has 0 amide bonds. The maximum absolute atomic E-state index is 10.3. The summed E-state index contributed by atoms with van der Waals surface area (Å²) < 4.78 is 10.3. The summed E-state index contributed by atoms with van der Waals surface area (Å²) in [6, 6.07) is -1.01. The van der Waals surface area contributed by atoms with Gasteiger partial charge in [0.05, 0.1) is 12.8 Å². The van der Waals surface area contributed by atoms with Crippen LogP contribution in [-0.2, 0) is 14.2 Å². The largest absolute Gasteiger partial charge is 0.481 e. The van der Waals surface area contributed by atoms with Gasteiger partial charge in [0, 0.05) is 6.04 Å². The van der Waals surface area contributed by atoms with Gasteiger partial charge < -0.3 is 15.1 Å². The molecule has 0 rings (SSSR count). The molecule has 8 heteroatoms. The number of rotatable bonds is 7. The van der Waals surface area contributed by atoms with Crippen molar-refractivity contribution in [3.63, 3.8) is 0 Å². The first kappa shape index (κ1) is 18.5. The third-order valence-corrected chi connectivity index (χ3v) is 2.32. The Morgan fingerprint density at radius 2 is 1.47 bits per heavy atom. The molecule has 17 heavy (non-hydrogen) atoms. The normalized spacial score (nSPS) is 11.5. The monoisotopic (exact) mass is 269 g/mol. The predicted molar refractivity (Wildman–Crippen MR) is 63.2 cm³/mol. The Morgan fingerprint density at radius 1 is 1.12 bits per heavy atom. The molecular formula is C9H20NO6P. The molecule has 0 aliphatic heterocycles. The molecule has 7 nitrogen and oxygen atoms in total. The summed E-state index contributed by atoms with van der Waals surface area (Å²) in [6.07, 6.45) is 1.65. The Hall–Kier alpha value is -0.910. The maximum atomic E-state index is 10.3. The van der Waals surface area contributed by atoms with Crippen molar-refractivity contribution in [1.29, 1.82) is 0 Å². The lowest BCUT2D eigenvalue weighted by molar-refractivity contribution is -0.139. The van der Waals surface area contributed by atoms with E-state index in [9.17, 15) is 14.2 Å². The molecule has 0 aromatic carbocycles. The van der Waals surface area contributed by atoms with Gasteiger partial charge >= 0.3 is 11.9 Å². The van der Waals surface area contributed by atoms with E-state index in [4.69, 9.17) is 15.1 Å². The molecule has 0 aliphatic carbocycles. The van der Waals surface area contributed by atoms with Crippen LogP contribution in [0.25, 0.3) is 0 Å². The fourth-order valence-corrected chi connectivity index (χ4v) is 1.32. The highest BCUT2D eigenvalue weighted by atomic mass is 31.1. The van der Waals surface area contributed by atoms with E-state index < -0.39 is 39.0 Å². The molecule has 0 aromatic rings. The van der Waals surface area contributed by atoms with E-state index in [1.165, 1.54) is 12.8 Å². The smallest absolute Gasteiger partial charge is 0.304 e. The molecule has 0 aromatic heterocycles. The van der Waals surface area contributed by atoms with Crippen LogP contribution < -0.4 is 5.09 Å². The average molecular weight is 269 g/mol. The highest BCUT2D eigenvalue weighted by Crippen LogP contribution is 2.11. The quantitative estimate of drug-likeness (QED) is 0.510. The second-order valence-corrected chi connectivity index (χ2v) is 4.24. The first-order chi connectivity index (χ1) is 7.83. The average Bonchev–Trinajstić information content (AvgIpc) is 2.14. The number of carbonyl (C=O) groups is 2. The molecule has 4 N–H and O–H groups in total. The van der Waals surface area contributed by atoms with Gasteiger partial charge in [-0.1, -0.05) is 26.7 Å². The van der Waals surface area contributed by atoms with Crippen LogP contribution in [0.2, 0.25) is 0 Å². The molecule has 1 unspecified atom stereocenters. The fraction of sp³-hybridized carbons (Fsp3) is 0.778. The van der Waals surface area contributed by atoms with Crippen LogP contribution >= 0.6 is 8.18 Å². The van der Waals surface area contributed by atoms with E-state index in [1.54, 1.807) is 0 Å². The SMILES string of the molecule is CCCC.O=C(O)CC(CC(=O)O)N[PH](=O)O. The molecule has 0 radical (unpaired) electrons. The third kappa shape index (κ3) is 17.7. The van der Waals surface area contributed by atoms with E-state index in [2.05, 4.69) is 13.8 Å². The Morgan fingerprint density at radius 3 is 1.65 bits per heavy atom. The Kier molecular flexibility index (Phi) is 12.6. The second-order valence-electron chi connectivity index (χ2n) is 3.34. The van der Waals surface area contributed by atoms with Crippen LogP contribution in [-0.4, -0.2) is 33.1 Å². The van der Waals surface area contributed by atoms with Gasteiger partial charge in [-0.15, -0.1) is 0 Å². The summed E-state index contributed by atoms with van der Waals surface area (Å²) in [5, 5.41) is 18.6. The van der Waals surface area contributed by atoms with Crippen LogP contribution in [0.15, 0.2) is 0 Å². The number of aliphatic carboxylic acids is 2. The molecule has 0 fully saturated rings. The van der Waals surface area contributed by atoms with Crippen molar-refractivity contribution in [2.24, 2.45) is 0 Å². The highest BCUT2D eigenvalue weighted by Gasteiger charge is 2.17. The van der Waals surface area contributed by atoms with Crippen molar-refractivity contribution < 1.29 is 29.3 Å². The van der Waals surface area contributed by atoms with Crippen molar-refractivity contribution in [3.05, 3.63) is 0 Å².